The summed E-state index contributed by atoms with van der Waals surface area (Å²) < 4.78 is 6.63. The number of aliphatic hydroxyl groups excluding tert-OH is 1. The number of halogens is 1. The second-order valence-electron chi connectivity index (χ2n) is 4.54. The van der Waals surface area contributed by atoms with Gasteiger partial charge in [-0.2, -0.15) is 0 Å². The quantitative estimate of drug-likeness (QED) is 0.927. The van der Waals surface area contributed by atoms with E-state index >= 15 is 0 Å². The van der Waals surface area contributed by atoms with Gasteiger partial charge in [-0.25, -0.2) is 0 Å². The molecule has 1 N–H and O–H groups in total. The van der Waals surface area contributed by atoms with Crippen LogP contribution < -0.4 is 0 Å². The molecule has 17 heavy (non-hydrogen) atoms. The summed E-state index contributed by atoms with van der Waals surface area (Å²) in [6, 6.07) is 8.77. The van der Waals surface area contributed by atoms with Gasteiger partial charge in [-0.1, -0.05) is 28.1 Å². The first kappa shape index (κ1) is 13.0. The fourth-order valence-electron chi connectivity index (χ4n) is 2.03. The van der Waals surface area contributed by atoms with Crippen molar-refractivity contribution >= 4 is 15.9 Å². The van der Waals surface area contributed by atoms with Crippen molar-refractivity contribution in [3.05, 3.63) is 34.3 Å². The Labute approximate surface area is 111 Å². The zero-order valence-electron chi connectivity index (χ0n) is 9.97. The number of hydrogen-bond acceptors (Lipinski definition) is 3. The molecular formula is C13H18BrNO2. The number of morpholine rings is 1. The number of nitrogens with zero attached hydrogens (tertiary/aromatic N) is 1. The average molecular weight is 300 g/mol. The third-order valence-electron chi connectivity index (χ3n) is 3.14. The van der Waals surface area contributed by atoms with Crippen LogP contribution in [-0.2, 0) is 11.3 Å². The van der Waals surface area contributed by atoms with E-state index in [1.165, 1.54) is 5.56 Å². The molecule has 2 atom stereocenters. The lowest BCUT2D eigenvalue weighted by atomic mass is 10.1. The molecule has 1 aromatic rings. The van der Waals surface area contributed by atoms with E-state index in [9.17, 15) is 0 Å². The Kier molecular flexibility index (Phi) is 4.56. The monoisotopic (exact) mass is 299 g/mol. The smallest absolute Gasteiger partial charge is 0.0933 e. The fraction of sp³-hybridized carbons (Fsp3) is 0.538. The predicted molar refractivity (Wildman–Crippen MR) is 70.8 cm³/mol. The minimum atomic E-state index is -0.0401. The molecule has 0 aromatic heterocycles. The van der Waals surface area contributed by atoms with Crippen molar-refractivity contribution < 1.29 is 9.84 Å². The van der Waals surface area contributed by atoms with Gasteiger partial charge in [0.15, 0.2) is 0 Å². The Morgan fingerprint density at radius 3 is 2.76 bits per heavy atom. The maximum atomic E-state index is 9.14. The Balaban J connectivity index is 1.98. The SMILES string of the molecule is CC1COC(CO)CN1Cc1ccc(Br)cc1. The minimum absolute atomic E-state index is 0.0401. The van der Waals surface area contributed by atoms with Gasteiger partial charge < -0.3 is 9.84 Å². The largest absolute Gasteiger partial charge is 0.394 e. The first-order chi connectivity index (χ1) is 8.19. The van der Waals surface area contributed by atoms with Crippen LogP contribution in [0, 0.1) is 0 Å². The number of rotatable bonds is 3. The lowest BCUT2D eigenvalue weighted by molar-refractivity contribution is -0.0805. The first-order valence-electron chi connectivity index (χ1n) is 5.90. The van der Waals surface area contributed by atoms with Crippen LogP contribution in [-0.4, -0.2) is 41.9 Å². The highest BCUT2D eigenvalue weighted by Gasteiger charge is 2.25. The van der Waals surface area contributed by atoms with Crippen molar-refractivity contribution in [3.8, 4) is 0 Å². The molecule has 1 aliphatic heterocycles. The van der Waals surface area contributed by atoms with Gasteiger partial charge in [-0.15, -0.1) is 0 Å². The molecule has 2 unspecified atom stereocenters. The highest BCUT2D eigenvalue weighted by Crippen LogP contribution is 2.17. The normalized spacial score (nSPS) is 26.1. The number of aliphatic hydroxyl groups is 1. The predicted octanol–water partition coefficient (Wildman–Crippen LogP) is 2.03. The van der Waals surface area contributed by atoms with Crippen LogP contribution in [0.1, 0.15) is 12.5 Å². The van der Waals surface area contributed by atoms with Crippen molar-refractivity contribution in [2.24, 2.45) is 0 Å². The standard InChI is InChI=1S/C13H18BrNO2/c1-10-9-17-13(8-16)7-15(10)6-11-2-4-12(14)5-3-11/h2-5,10,13,16H,6-9H2,1H3. The van der Waals surface area contributed by atoms with Gasteiger partial charge in [0.25, 0.3) is 0 Å². The van der Waals surface area contributed by atoms with Gasteiger partial charge in [-0.3, -0.25) is 4.90 Å². The molecule has 0 saturated carbocycles. The third-order valence-corrected chi connectivity index (χ3v) is 3.67. The number of ether oxygens (including phenoxy) is 1. The van der Waals surface area contributed by atoms with Crippen molar-refractivity contribution in [1.82, 2.24) is 4.90 Å². The van der Waals surface area contributed by atoms with Gasteiger partial charge >= 0.3 is 0 Å². The second-order valence-corrected chi connectivity index (χ2v) is 5.46. The molecule has 4 heteroatoms. The van der Waals surface area contributed by atoms with Crippen molar-refractivity contribution in [3.63, 3.8) is 0 Å². The molecule has 1 aliphatic rings. The second kappa shape index (κ2) is 5.96. The summed E-state index contributed by atoms with van der Waals surface area (Å²) in [7, 11) is 0. The lowest BCUT2D eigenvalue weighted by Crippen LogP contribution is -2.48. The summed E-state index contributed by atoms with van der Waals surface area (Å²) in [4.78, 5) is 2.35. The molecule has 0 aliphatic carbocycles. The van der Waals surface area contributed by atoms with Gasteiger partial charge in [0, 0.05) is 23.6 Å². The summed E-state index contributed by atoms with van der Waals surface area (Å²) in [6.45, 7) is 4.67. The topological polar surface area (TPSA) is 32.7 Å². The van der Waals surface area contributed by atoms with Crippen LogP contribution in [0.2, 0.25) is 0 Å². The van der Waals surface area contributed by atoms with E-state index in [-0.39, 0.29) is 12.7 Å². The maximum absolute atomic E-state index is 9.14. The Hall–Kier alpha value is -0.420. The van der Waals surface area contributed by atoms with E-state index < -0.39 is 0 Å². The Bertz CT molecular complexity index is 355. The molecule has 1 aromatic carbocycles. The van der Waals surface area contributed by atoms with E-state index in [1.807, 2.05) is 0 Å². The van der Waals surface area contributed by atoms with Gasteiger partial charge in [0.2, 0.25) is 0 Å². The lowest BCUT2D eigenvalue weighted by Gasteiger charge is -2.37. The van der Waals surface area contributed by atoms with Crippen LogP contribution in [0.25, 0.3) is 0 Å². The summed E-state index contributed by atoms with van der Waals surface area (Å²) in [6.07, 6.45) is -0.0401. The molecule has 1 fully saturated rings. The Morgan fingerprint density at radius 2 is 2.12 bits per heavy atom. The fourth-order valence-corrected chi connectivity index (χ4v) is 2.29. The molecule has 2 rings (SSSR count). The first-order valence-corrected chi connectivity index (χ1v) is 6.69. The molecule has 0 bridgehead atoms. The molecule has 0 spiro atoms. The molecule has 0 amide bonds. The average Bonchev–Trinajstić information content (AvgIpc) is 2.35. The van der Waals surface area contributed by atoms with E-state index in [0.29, 0.717) is 12.6 Å². The van der Waals surface area contributed by atoms with Crippen molar-refractivity contribution in [1.29, 1.82) is 0 Å². The maximum Gasteiger partial charge on any atom is 0.0933 e. The van der Waals surface area contributed by atoms with Crippen LogP contribution >= 0.6 is 15.9 Å². The molecule has 1 heterocycles. The van der Waals surface area contributed by atoms with Crippen molar-refractivity contribution in [2.45, 2.75) is 25.6 Å². The Morgan fingerprint density at radius 1 is 1.41 bits per heavy atom. The van der Waals surface area contributed by atoms with E-state index in [2.05, 4.69) is 52.0 Å². The van der Waals surface area contributed by atoms with Crippen LogP contribution in [0.15, 0.2) is 28.7 Å². The van der Waals surface area contributed by atoms with E-state index in [4.69, 9.17) is 9.84 Å². The highest BCUT2D eigenvalue weighted by atomic mass is 79.9. The van der Waals surface area contributed by atoms with Crippen LogP contribution in [0.5, 0.6) is 0 Å². The van der Waals surface area contributed by atoms with Crippen LogP contribution in [0.3, 0.4) is 0 Å². The molecular weight excluding hydrogens is 282 g/mol. The number of benzene rings is 1. The van der Waals surface area contributed by atoms with E-state index in [0.717, 1.165) is 17.6 Å². The molecule has 1 saturated heterocycles. The summed E-state index contributed by atoms with van der Waals surface area (Å²) >= 11 is 3.44. The molecule has 0 radical (unpaired) electrons. The van der Waals surface area contributed by atoms with Gasteiger partial charge in [0.1, 0.15) is 0 Å². The van der Waals surface area contributed by atoms with Gasteiger partial charge in [-0.05, 0) is 24.6 Å². The van der Waals surface area contributed by atoms with E-state index in [1.54, 1.807) is 0 Å². The van der Waals surface area contributed by atoms with Crippen LogP contribution in [0.4, 0.5) is 0 Å². The highest BCUT2D eigenvalue weighted by molar-refractivity contribution is 9.10. The number of hydrogen-bond donors (Lipinski definition) is 1. The van der Waals surface area contributed by atoms with Crippen molar-refractivity contribution in [2.75, 3.05) is 19.8 Å². The zero-order chi connectivity index (χ0) is 12.3. The zero-order valence-corrected chi connectivity index (χ0v) is 11.6. The molecule has 94 valence electrons. The minimum Gasteiger partial charge on any atom is -0.394 e. The summed E-state index contributed by atoms with van der Waals surface area (Å²) in [5.41, 5.74) is 1.29. The summed E-state index contributed by atoms with van der Waals surface area (Å²) in [5, 5.41) is 9.14. The molecule has 3 nitrogen and oxygen atoms in total. The summed E-state index contributed by atoms with van der Waals surface area (Å²) in [5.74, 6) is 0. The third kappa shape index (κ3) is 3.52. The van der Waals surface area contributed by atoms with Gasteiger partial charge in [0.05, 0.1) is 19.3 Å².